The number of nitrogens with zero attached hydrogens (tertiary/aromatic N) is 3. The molecule has 1 aromatic heterocycles. The zero-order valence-corrected chi connectivity index (χ0v) is 19.5. The van der Waals surface area contributed by atoms with E-state index in [1.54, 1.807) is 4.90 Å². The van der Waals surface area contributed by atoms with Crippen molar-refractivity contribution in [2.24, 2.45) is 5.92 Å². The molecular weight excluding hydrogens is 438 g/mol. The van der Waals surface area contributed by atoms with E-state index in [0.717, 1.165) is 42.9 Å². The number of fused-ring (bicyclic) bond motifs is 1. The van der Waals surface area contributed by atoms with Crippen LogP contribution in [-0.4, -0.2) is 66.3 Å². The number of piperidine rings is 2. The van der Waals surface area contributed by atoms with Gasteiger partial charge >= 0.3 is 0 Å². The highest BCUT2D eigenvalue weighted by atomic mass is 32.1. The van der Waals surface area contributed by atoms with Crippen LogP contribution in [0.2, 0.25) is 0 Å². The van der Waals surface area contributed by atoms with Crippen LogP contribution in [0.15, 0.2) is 41.8 Å². The third kappa shape index (κ3) is 4.49. The minimum absolute atomic E-state index is 0.0189. The first kappa shape index (κ1) is 21.9. The molecule has 2 saturated heterocycles. The molecule has 3 aliphatic rings. The maximum Gasteiger partial charge on any atom is 0.265 e. The number of anilines is 1. The van der Waals surface area contributed by atoms with Crippen molar-refractivity contribution in [2.45, 2.75) is 38.2 Å². The van der Waals surface area contributed by atoms with Crippen molar-refractivity contribution in [1.82, 2.24) is 9.80 Å². The number of carbonyl (C=O) groups excluding carboxylic acids is 3. The third-order valence-corrected chi connectivity index (χ3v) is 7.70. The molecule has 1 aromatic carbocycles. The summed E-state index contributed by atoms with van der Waals surface area (Å²) in [7, 11) is 0. The molecule has 2 aromatic rings. The maximum atomic E-state index is 13.6. The van der Waals surface area contributed by atoms with Crippen LogP contribution >= 0.6 is 11.3 Å². The van der Waals surface area contributed by atoms with E-state index in [1.165, 1.54) is 11.3 Å². The topological polar surface area (TPSA) is 70.2 Å². The Kier molecular flexibility index (Phi) is 6.35. The van der Waals surface area contributed by atoms with Gasteiger partial charge in [-0.15, -0.1) is 11.3 Å². The Morgan fingerprint density at radius 1 is 0.848 bits per heavy atom. The fourth-order valence-corrected chi connectivity index (χ4v) is 5.69. The predicted octanol–water partition coefficient (Wildman–Crippen LogP) is 3.41. The normalized spacial score (nSPS) is 21.3. The molecule has 2 fully saturated rings. The molecule has 0 spiro atoms. The summed E-state index contributed by atoms with van der Waals surface area (Å²) in [5.74, 6) is 0.440. The molecule has 3 aliphatic heterocycles. The summed E-state index contributed by atoms with van der Waals surface area (Å²) in [6.07, 6.45) is 3.75. The van der Waals surface area contributed by atoms with Gasteiger partial charge < -0.3 is 19.4 Å². The number of carbonyl (C=O) groups is 3. The Morgan fingerprint density at radius 3 is 2.33 bits per heavy atom. The van der Waals surface area contributed by atoms with E-state index in [4.69, 9.17) is 4.74 Å². The minimum Gasteiger partial charge on any atom is -0.476 e. The van der Waals surface area contributed by atoms with Gasteiger partial charge in [-0.2, -0.15) is 0 Å². The zero-order chi connectivity index (χ0) is 22.8. The van der Waals surface area contributed by atoms with Crippen LogP contribution in [-0.2, 0) is 9.59 Å². The Bertz CT molecular complexity index is 1010. The first-order chi connectivity index (χ1) is 16.1. The van der Waals surface area contributed by atoms with Crippen molar-refractivity contribution < 1.29 is 19.1 Å². The Morgan fingerprint density at radius 2 is 1.61 bits per heavy atom. The van der Waals surface area contributed by atoms with Crippen LogP contribution in [0.4, 0.5) is 5.69 Å². The van der Waals surface area contributed by atoms with E-state index in [-0.39, 0.29) is 30.2 Å². The second-order valence-corrected chi connectivity index (χ2v) is 9.90. The molecule has 8 heteroatoms. The van der Waals surface area contributed by atoms with Crippen LogP contribution in [0.25, 0.3) is 0 Å². The summed E-state index contributed by atoms with van der Waals surface area (Å²) in [6, 6.07) is 11.2. The molecule has 0 aliphatic carbocycles. The van der Waals surface area contributed by atoms with Crippen LogP contribution < -0.4 is 9.64 Å². The smallest absolute Gasteiger partial charge is 0.265 e. The lowest BCUT2D eigenvalue weighted by atomic mass is 9.94. The van der Waals surface area contributed by atoms with Crippen LogP contribution in [0.1, 0.15) is 41.8 Å². The average molecular weight is 468 g/mol. The Hall–Kier alpha value is -2.87. The van der Waals surface area contributed by atoms with Gasteiger partial charge in [-0.25, -0.2) is 0 Å². The largest absolute Gasteiger partial charge is 0.476 e. The number of hydrogen-bond acceptors (Lipinski definition) is 5. The first-order valence-electron chi connectivity index (χ1n) is 11.8. The fraction of sp³-hybridized carbons (Fsp3) is 0.480. The molecule has 0 unspecified atom stereocenters. The molecule has 4 heterocycles. The lowest BCUT2D eigenvalue weighted by molar-refractivity contribution is -0.139. The highest BCUT2D eigenvalue weighted by molar-refractivity contribution is 7.12. The lowest BCUT2D eigenvalue weighted by Gasteiger charge is -2.39. The number of amides is 3. The second-order valence-electron chi connectivity index (χ2n) is 8.95. The van der Waals surface area contributed by atoms with Crippen LogP contribution in [0, 0.1) is 5.92 Å². The van der Waals surface area contributed by atoms with Crippen molar-refractivity contribution in [3.63, 3.8) is 0 Å². The van der Waals surface area contributed by atoms with Gasteiger partial charge in [0.2, 0.25) is 5.91 Å². The quantitative estimate of drug-likeness (QED) is 0.694. The van der Waals surface area contributed by atoms with Gasteiger partial charge in [-0.05, 0) is 55.7 Å². The van der Waals surface area contributed by atoms with Crippen molar-refractivity contribution >= 4 is 34.7 Å². The maximum absolute atomic E-state index is 13.6. The zero-order valence-electron chi connectivity index (χ0n) is 18.7. The second kappa shape index (κ2) is 9.55. The summed E-state index contributed by atoms with van der Waals surface area (Å²) >= 11 is 1.45. The van der Waals surface area contributed by atoms with E-state index in [1.807, 2.05) is 51.6 Å². The van der Waals surface area contributed by atoms with Crippen molar-refractivity contribution in [2.75, 3.05) is 37.6 Å². The van der Waals surface area contributed by atoms with Gasteiger partial charge in [0.15, 0.2) is 6.10 Å². The molecule has 7 nitrogen and oxygen atoms in total. The van der Waals surface area contributed by atoms with Gasteiger partial charge in [0.25, 0.3) is 11.8 Å². The van der Waals surface area contributed by atoms with Crippen molar-refractivity contribution in [1.29, 1.82) is 0 Å². The number of hydrogen-bond donors (Lipinski definition) is 0. The minimum atomic E-state index is -0.678. The van der Waals surface area contributed by atoms with Gasteiger partial charge in [-0.3, -0.25) is 14.4 Å². The molecular formula is C25H29N3O4S. The number of rotatable bonds is 3. The SMILES string of the molecule is O=C(c1cccs1)N1CCC(C(=O)N2C[C@H](C(=O)N3CCCCC3)Oc3ccccc32)CC1. The molecule has 0 radical (unpaired) electrons. The van der Waals surface area contributed by atoms with E-state index in [2.05, 4.69) is 0 Å². The Labute approximate surface area is 197 Å². The summed E-state index contributed by atoms with van der Waals surface area (Å²) in [4.78, 5) is 45.6. The highest BCUT2D eigenvalue weighted by Gasteiger charge is 2.39. The first-order valence-corrected chi connectivity index (χ1v) is 12.7. The lowest BCUT2D eigenvalue weighted by Crippen LogP contribution is -2.54. The van der Waals surface area contributed by atoms with E-state index < -0.39 is 6.10 Å². The summed E-state index contributed by atoms with van der Waals surface area (Å²) < 4.78 is 6.07. The fourth-order valence-electron chi connectivity index (χ4n) is 5.00. The molecule has 3 amide bonds. The van der Waals surface area contributed by atoms with Crippen molar-refractivity contribution in [3.8, 4) is 5.75 Å². The van der Waals surface area contributed by atoms with Gasteiger partial charge in [-0.1, -0.05) is 18.2 Å². The summed E-state index contributed by atoms with van der Waals surface area (Å²) in [5.41, 5.74) is 0.724. The molecule has 33 heavy (non-hydrogen) atoms. The van der Waals surface area contributed by atoms with Crippen LogP contribution in [0.5, 0.6) is 5.75 Å². The number of benzene rings is 1. The highest BCUT2D eigenvalue weighted by Crippen LogP contribution is 2.36. The predicted molar refractivity (Wildman–Crippen MR) is 127 cm³/mol. The van der Waals surface area contributed by atoms with E-state index in [0.29, 0.717) is 31.7 Å². The van der Waals surface area contributed by atoms with Gasteiger partial charge in [0.05, 0.1) is 17.1 Å². The molecule has 0 saturated carbocycles. The molecule has 5 rings (SSSR count). The molecule has 0 N–H and O–H groups in total. The van der Waals surface area contributed by atoms with E-state index in [9.17, 15) is 14.4 Å². The number of para-hydroxylation sites is 2. The molecule has 1 atom stereocenters. The van der Waals surface area contributed by atoms with Crippen LogP contribution in [0.3, 0.4) is 0 Å². The summed E-state index contributed by atoms with van der Waals surface area (Å²) in [5, 5.41) is 1.90. The summed E-state index contributed by atoms with van der Waals surface area (Å²) in [6.45, 7) is 2.88. The third-order valence-electron chi connectivity index (χ3n) is 6.85. The number of thiophene rings is 1. The molecule has 174 valence electrons. The number of ether oxygens (including phenoxy) is 1. The van der Waals surface area contributed by atoms with E-state index >= 15 is 0 Å². The number of likely N-dealkylation sites (tertiary alicyclic amines) is 2. The van der Waals surface area contributed by atoms with Crippen molar-refractivity contribution in [3.05, 3.63) is 46.7 Å². The average Bonchev–Trinajstić information content (AvgIpc) is 3.42. The standard InChI is InChI=1S/C25H29N3O4S/c29-23(18-10-14-27(15-11-18)25(31)22-9-6-16-33-22)28-17-21(24(30)26-12-4-1-5-13-26)32-20-8-3-2-7-19(20)28/h2-3,6-9,16,18,21H,1,4-5,10-15,17H2/t21-/m1/s1. The molecule has 0 bridgehead atoms. The Balaban J connectivity index is 1.28. The van der Waals surface area contributed by atoms with Gasteiger partial charge in [0.1, 0.15) is 5.75 Å². The monoisotopic (exact) mass is 467 g/mol. The van der Waals surface area contributed by atoms with Gasteiger partial charge in [0, 0.05) is 32.1 Å².